The number of aryl methyl sites for hydroxylation is 1. The van der Waals surface area contributed by atoms with E-state index >= 15 is 0 Å². The van der Waals surface area contributed by atoms with Crippen LogP contribution in [0.3, 0.4) is 0 Å². The highest BCUT2D eigenvalue weighted by atomic mass is 32.2. The van der Waals surface area contributed by atoms with Gasteiger partial charge in [-0.2, -0.15) is 0 Å². The monoisotopic (exact) mass is 491 g/mol. The van der Waals surface area contributed by atoms with Gasteiger partial charge in [0.15, 0.2) is 5.82 Å². The lowest BCUT2D eigenvalue weighted by Crippen LogP contribution is -2.51. The Morgan fingerprint density at radius 3 is 2.20 bits per heavy atom. The Kier molecular flexibility index (Phi) is 7.18. The quantitative estimate of drug-likeness (QED) is 0.518. The van der Waals surface area contributed by atoms with Crippen LogP contribution in [0.2, 0.25) is 0 Å². The smallest absolute Gasteiger partial charge is 0.225 e. The number of halogens is 1. The third-order valence-corrected chi connectivity index (χ3v) is 7.80. The summed E-state index contributed by atoms with van der Waals surface area (Å²) in [5, 5.41) is 0.901. The van der Waals surface area contributed by atoms with Crippen LogP contribution in [-0.4, -0.2) is 60.0 Å². The zero-order chi connectivity index (χ0) is 24.2. The number of nitrogens with zero attached hydrogens (tertiary/aromatic N) is 5. The standard InChI is InChI=1S/C27H30FN5OS/c1-20-2-8-24(9-3-20)35-26-25(29-12-13-30-26)32-14-10-21(11-15-32)27(34)33-18-16-31(17-19-33)23-6-4-22(28)5-7-23/h2-9,12-13,21H,10-11,14-19H2,1H3. The first-order valence-electron chi connectivity index (χ1n) is 12.2. The molecule has 0 spiro atoms. The summed E-state index contributed by atoms with van der Waals surface area (Å²) in [6, 6.07) is 15.0. The van der Waals surface area contributed by atoms with E-state index in [1.54, 1.807) is 36.3 Å². The molecular weight excluding hydrogens is 461 g/mol. The van der Waals surface area contributed by atoms with Crippen molar-refractivity contribution in [3.63, 3.8) is 0 Å². The Morgan fingerprint density at radius 2 is 1.51 bits per heavy atom. The number of rotatable bonds is 5. The first-order valence-corrected chi connectivity index (χ1v) is 13.0. The summed E-state index contributed by atoms with van der Waals surface area (Å²) >= 11 is 1.63. The van der Waals surface area contributed by atoms with Crippen LogP contribution in [0.1, 0.15) is 18.4 Å². The lowest BCUT2D eigenvalue weighted by atomic mass is 9.95. The molecule has 2 saturated heterocycles. The molecule has 2 aromatic carbocycles. The summed E-state index contributed by atoms with van der Waals surface area (Å²) in [5.41, 5.74) is 2.24. The van der Waals surface area contributed by atoms with Crippen LogP contribution < -0.4 is 9.80 Å². The van der Waals surface area contributed by atoms with E-state index in [0.29, 0.717) is 13.1 Å². The van der Waals surface area contributed by atoms with E-state index in [1.807, 2.05) is 4.90 Å². The molecular formula is C27H30FN5OS. The van der Waals surface area contributed by atoms with E-state index in [1.165, 1.54) is 17.7 Å². The van der Waals surface area contributed by atoms with Crippen molar-refractivity contribution in [1.29, 1.82) is 0 Å². The van der Waals surface area contributed by atoms with Gasteiger partial charge in [-0.3, -0.25) is 4.79 Å². The Morgan fingerprint density at radius 1 is 0.857 bits per heavy atom. The molecule has 182 valence electrons. The molecule has 0 N–H and O–H groups in total. The maximum Gasteiger partial charge on any atom is 0.225 e. The van der Waals surface area contributed by atoms with Crippen LogP contribution in [-0.2, 0) is 4.79 Å². The van der Waals surface area contributed by atoms with Gasteiger partial charge in [0.25, 0.3) is 0 Å². The van der Waals surface area contributed by atoms with Gasteiger partial charge in [0.05, 0.1) is 0 Å². The molecule has 5 rings (SSSR count). The summed E-state index contributed by atoms with van der Waals surface area (Å²) in [7, 11) is 0. The predicted octanol–water partition coefficient (Wildman–Crippen LogP) is 4.64. The number of hydrogen-bond donors (Lipinski definition) is 0. The molecule has 1 aromatic heterocycles. The fourth-order valence-electron chi connectivity index (χ4n) is 4.76. The van der Waals surface area contributed by atoms with Crippen molar-refractivity contribution < 1.29 is 9.18 Å². The van der Waals surface area contributed by atoms with E-state index in [4.69, 9.17) is 0 Å². The van der Waals surface area contributed by atoms with Gasteiger partial charge in [0.2, 0.25) is 5.91 Å². The topological polar surface area (TPSA) is 52.6 Å². The number of amides is 1. The predicted molar refractivity (Wildman–Crippen MR) is 137 cm³/mol. The first kappa shape index (κ1) is 23.6. The van der Waals surface area contributed by atoms with Crippen molar-refractivity contribution in [1.82, 2.24) is 14.9 Å². The highest BCUT2D eigenvalue weighted by Gasteiger charge is 2.31. The maximum atomic E-state index is 13.2. The van der Waals surface area contributed by atoms with Crippen molar-refractivity contribution in [2.75, 3.05) is 49.1 Å². The molecule has 0 unspecified atom stereocenters. The number of benzene rings is 2. The minimum Gasteiger partial charge on any atom is -0.368 e. The molecule has 2 aliphatic rings. The zero-order valence-corrected chi connectivity index (χ0v) is 20.8. The molecule has 3 heterocycles. The molecule has 6 nitrogen and oxygen atoms in total. The second-order valence-electron chi connectivity index (χ2n) is 9.15. The van der Waals surface area contributed by atoms with Crippen LogP contribution in [0.15, 0.2) is 70.8 Å². The highest BCUT2D eigenvalue weighted by molar-refractivity contribution is 7.99. The normalized spacial score (nSPS) is 17.0. The molecule has 0 atom stereocenters. The lowest BCUT2D eigenvalue weighted by Gasteiger charge is -2.39. The van der Waals surface area contributed by atoms with Crippen LogP contribution in [0.5, 0.6) is 0 Å². The number of carbonyl (C=O) groups excluding carboxylic acids is 1. The second kappa shape index (κ2) is 10.6. The summed E-state index contributed by atoms with van der Waals surface area (Å²) < 4.78 is 13.2. The zero-order valence-electron chi connectivity index (χ0n) is 19.9. The average molecular weight is 492 g/mol. The minimum absolute atomic E-state index is 0.0495. The largest absolute Gasteiger partial charge is 0.368 e. The van der Waals surface area contributed by atoms with E-state index in [9.17, 15) is 9.18 Å². The fraction of sp³-hybridized carbons (Fsp3) is 0.370. The highest BCUT2D eigenvalue weighted by Crippen LogP contribution is 2.34. The van der Waals surface area contributed by atoms with Crippen molar-refractivity contribution >= 4 is 29.2 Å². The number of carbonyl (C=O) groups is 1. The molecule has 3 aromatic rings. The van der Waals surface area contributed by atoms with Gasteiger partial charge in [0, 0.05) is 68.2 Å². The van der Waals surface area contributed by atoms with Crippen molar-refractivity contribution in [3.8, 4) is 0 Å². The number of anilines is 2. The number of piperazine rings is 1. The molecule has 8 heteroatoms. The number of piperidine rings is 1. The summed E-state index contributed by atoms with van der Waals surface area (Å²) in [4.78, 5) is 30.1. The number of aromatic nitrogens is 2. The molecule has 35 heavy (non-hydrogen) atoms. The van der Waals surface area contributed by atoms with Gasteiger partial charge >= 0.3 is 0 Å². The van der Waals surface area contributed by atoms with Crippen LogP contribution in [0.4, 0.5) is 15.9 Å². The van der Waals surface area contributed by atoms with Gasteiger partial charge < -0.3 is 14.7 Å². The van der Waals surface area contributed by atoms with E-state index in [0.717, 1.165) is 60.4 Å². The Labute approximate surface area is 210 Å². The van der Waals surface area contributed by atoms with Crippen LogP contribution in [0.25, 0.3) is 0 Å². The van der Waals surface area contributed by atoms with Gasteiger partial charge in [0.1, 0.15) is 10.8 Å². The van der Waals surface area contributed by atoms with Gasteiger partial charge in [-0.25, -0.2) is 14.4 Å². The fourth-order valence-corrected chi connectivity index (χ4v) is 5.64. The maximum absolute atomic E-state index is 13.2. The molecule has 0 saturated carbocycles. The van der Waals surface area contributed by atoms with Crippen molar-refractivity contribution in [3.05, 3.63) is 72.3 Å². The van der Waals surface area contributed by atoms with Crippen LogP contribution in [0, 0.1) is 18.7 Å². The average Bonchev–Trinajstić information content (AvgIpc) is 2.91. The van der Waals surface area contributed by atoms with E-state index in [-0.39, 0.29) is 17.6 Å². The first-order chi connectivity index (χ1) is 17.1. The van der Waals surface area contributed by atoms with Crippen molar-refractivity contribution in [2.24, 2.45) is 5.92 Å². The van der Waals surface area contributed by atoms with Gasteiger partial charge in [-0.15, -0.1) is 0 Å². The third-order valence-electron chi connectivity index (χ3n) is 6.81. The third kappa shape index (κ3) is 5.59. The Bertz CT molecular complexity index is 1140. The van der Waals surface area contributed by atoms with Crippen LogP contribution >= 0.6 is 11.8 Å². The van der Waals surface area contributed by atoms with Gasteiger partial charge in [-0.05, 0) is 56.2 Å². The lowest BCUT2D eigenvalue weighted by molar-refractivity contribution is -0.136. The molecule has 0 bridgehead atoms. The Hall–Kier alpha value is -3.13. The summed E-state index contributed by atoms with van der Waals surface area (Å²) in [6.45, 7) is 6.64. The second-order valence-corrected chi connectivity index (χ2v) is 10.2. The summed E-state index contributed by atoms with van der Waals surface area (Å²) in [6.07, 6.45) is 5.12. The molecule has 2 aliphatic heterocycles. The number of hydrogen-bond acceptors (Lipinski definition) is 6. The Balaban J connectivity index is 1.16. The SMILES string of the molecule is Cc1ccc(Sc2nccnc2N2CCC(C(=O)N3CCN(c4ccc(F)cc4)CC3)CC2)cc1. The summed E-state index contributed by atoms with van der Waals surface area (Å²) in [5.74, 6) is 0.985. The van der Waals surface area contributed by atoms with Crippen molar-refractivity contribution in [2.45, 2.75) is 29.7 Å². The van der Waals surface area contributed by atoms with Gasteiger partial charge in [-0.1, -0.05) is 29.5 Å². The van der Waals surface area contributed by atoms with E-state index in [2.05, 4.69) is 51.0 Å². The molecule has 1 amide bonds. The van der Waals surface area contributed by atoms with E-state index < -0.39 is 0 Å². The molecule has 0 aliphatic carbocycles. The molecule has 0 radical (unpaired) electrons. The minimum atomic E-state index is -0.226. The molecule has 2 fully saturated rings.